The lowest BCUT2D eigenvalue weighted by atomic mass is 9.96. The van der Waals surface area contributed by atoms with Crippen LogP contribution in [-0.2, 0) is 4.79 Å². The van der Waals surface area contributed by atoms with E-state index in [9.17, 15) is 4.79 Å². The molecule has 1 fully saturated rings. The summed E-state index contributed by atoms with van der Waals surface area (Å²) in [6, 6.07) is 18.2. The first-order valence-electron chi connectivity index (χ1n) is 10.0. The number of ether oxygens (including phenoxy) is 2. The lowest BCUT2D eigenvalue weighted by molar-refractivity contribution is -0.134. The van der Waals surface area contributed by atoms with Gasteiger partial charge < -0.3 is 14.8 Å². The third kappa shape index (κ3) is 6.10. The molecule has 0 radical (unpaired) electrons. The summed E-state index contributed by atoms with van der Waals surface area (Å²) < 4.78 is 11.6. The molecule has 1 saturated heterocycles. The van der Waals surface area contributed by atoms with Crippen molar-refractivity contribution in [3.8, 4) is 11.5 Å². The molecule has 0 bridgehead atoms. The van der Waals surface area contributed by atoms with Gasteiger partial charge in [0.2, 0.25) is 0 Å². The van der Waals surface area contributed by atoms with Gasteiger partial charge in [-0.2, -0.15) is 0 Å². The standard InChI is InChI=1S/C23H29NO3/c1-2-8-23(25)27-21-14-12-20(13-15-21)26-22(18-9-4-3-5-10-18)17-19-11-6-7-16-24-19/h3-5,9-10,12-15,19,22,24H,2,6-8,11,16-17H2,1H3. The van der Waals surface area contributed by atoms with Crippen LogP contribution in [0.5, 0.6) is 11.5 Å². The van der Waals surface area contributed by atoms with Crippen molar-refractivity contribution in [3.63, 3.8) is 0 Å². The molecular weight excluding hydrogens is 338 g/mol. The van der Waals surface area contributed by atoms with Crippen LogP contribution in [-0.4, -0.2) is 18.6 Å². The Morgan fingerprint density at radius 1 is 1.07 bits per heavy atom. The Labute approximate surface area is 161 Å². The van der Waals surface area contributed by atoms with Crippen molar-refractivity contribution in [1.29, 1.82) is 0 Å². The van der Waals surface area contributed by atoms with Gasteiger partial charge in [0.25, 0.3) is 0 Å². The Morgan fingerprint density at radius 2 is 1.81 bits per heavy atom. The fourth-order valence-electron chi connectivity index (χ4n) is 3.44. The number of piperidine rings is 1. The van der Waals surface area contributed by atoms with Crippen molar-refractivity contribution in [3.05, 3.63) is 60.2 Å². The summed E-state index contributed by atoms with van der Waals surface area (Å²) in [4.78, 5) is 11.6. The summed E-state index contributed by atoms with van der Waals surface area (Å²) in [6.07, 6.45) is 5.88. The van der Waals surface area contributed by atoms with E-state index in [-0.39, 0.29) is 12.1 Å². The third-order valence-electron chi connectivity index (χ3n) is 4.87. The largest absolute Gasteiger partial charge is 0.486 e. The predicted molar refractivity (Wildman–Crippen MR) is 107 cm³/mol. The van der Waals surface area contributed by atoms with Crippen LogP contribution in [0.2, 0.25) is 0 Å². The van der Waals surface area contributed by atoms with E-state index in [1.54, 1.807) is 12.1 Å². The summed E-state index contributed by atoms with van der Waals surface area (Å²) >= 11 is 0. The lowest BCUT2D eigenvalue weighted by Crippen LogP contribution is -2.36. The van der Waals surface area contributed by atoms with E-state index in [0.717, 1.165) is 25.1 Å². The number of carbonyl (C=O) groups is 1. The number of hydrogen-bond donors (Lipinski definition) is 1. The van der Waals surface area contributed by atoms with Gasteiger partial charge in [0.05, 0.1) is 0 Å². The Bertz CT molecular complexity index is 693. The van der Waals surface area contributed by atoms with Crippen molar-refractivity contribution in [2.24, 2.45) is 0 Å². The zero-order valence-electron chi connectivity index (χ0n) is 16.0. The van der Waals surface area contributed by atoms with E-state index in [1.807, 2.05) is 25.1 Å². The number of benzene rings is 2. The van der Waals surface area contributed by atoms with Gasteiger partial charge in [0.15, 0.2) is 0 Å². The van der Waals surface area contributed by atoms with Crippen LogP contribution in [0.4, 0.5) is 0 Å². The van der Waals surface area contributed by atoms with E-state index in [2.05, 4.69) is 29.6 Å². The molecule has 2 atom stereocenters. The molecule has 2 aromatic carbocycles. The second-order valence-corrected chi connectivity index (χ2v) is 7.10. The third-order valence-corrected chi connectivity index (χ3v) is 4.87. The summed E-state index contributed by atoms with van der Waals surface area (Å²) in [5.74, 6) is 1.15. The highest BCUT2D eigenvalue weighted by Gasteiger charge is 2.21. The fourth-order valence-corrected chi connectivity index (χ4v) is 3.44. The Kier molecular flexibility index (Phi) is 7.28. The highest BCUT2D eigenvalue weighted by molar-refractivity contribution is 5.72. The zero-order valence-corrected chi connectivity index (χ0v) is 16.0. The maximum Gasteiger partial charge on any atom is 0.311 e. The van der Waals surface area contributed by atoms with Crippen molar-refractivity contribution in [2.75, 3.05) is 6.54 Å². The van der Waals surface area contributed by atoms with E-state index in [4.69, 9.17) is 9.47 Å². The van der Waals surface area contributed by atoms with Gasteiger partial charge in [-0.3, -0.25) is 4.79 Å². The predicted octanol–water partition coefficient (Wildman–Crippen LogP) is 5.04. The van der Waals surface area contributed by atoms with Gasteiger partial charge in [-0.05, 0) is 55.6 Å². The first kappa shape index (κ1) is 19.4. The van der Waals surface area contributed by atoms with Gasteiger partial charge >= 0.3 is 5.97 Å². The summed E-state index contributed by atoms with van der Waals surface area (Å²) in [5.41, 5.74) is 1.18. The number of rotatable bonds is 8. The lowest BCUT2D eigenvalue weighted by Gasteiger charge is -2.28. The quantitative estimate of drug-likeness (QED) is 0.524. The minimum absolute atomic E-state index is 0.00436. The van der Waals surface area contributed by atoms with E-state index in [1.165, 1.54) is 24.8 Å². The summed E-state index contributed by atoms with van der Waals surface area (Å²) in [5, 5.41) is 3.61. The molecule has 0 amide bonds. The van der Waals surface area contributed by atoms with Gasteiger partial charge in [0.1, 0.15) is 17.6 Å². The molecule has 0 saturated carbocycles. The van der Waals surface area contributed by atoms with Crippen molar-refractivity contribution >= 4 is 5.97 Å². The van der Waals surface area contributed by atoms with Crippen LogP contribution < -0.4 is 14.8 Å². The molecule has 0 spiro atoms. The molecule has 4 nitrogen and oxygen atoms in total. The maximum absolute atomic E-state index is 11.6. The molecule has 1 N–H and O–H groups in total. The average molecular weight is 367 g/mol. The Hall–Kier alpha value is -2.33. The van der Waals surface area contributed by atoms with Gasteiger partial charge in [-0.15, -0.1) is 0 Å². The number of hydrogen-bond acceptors (Lipinski definition) is 4. The Morgan fingerprint density at radius 3 is 2.48 bits per heavy atom. The zero-order chi connectivity index (χ0) is 18.9. The Balaban J connectivity index is 1.66. The molecular formula is C23H29NO3. The van der Waals surface area contributed by atoms with Crippen LogP contribution in [0.3, 0.4) is 0 Å². The number of esters is 1. The SMILES string of the molecule is CCCC(=O)Oc1ccc(OC(CC2CCCCN2)c2ccccc2)cc1. The smallest absolute Gasteiger partial charge is 0.311 e. The molecule has 2 aromatic rings. The molecule has 144 valence electrons. The molecule has 4 heteroatoms. The molecule has 27 heavy (non-hydrogen) atoms. The van der Waals surface area contributed by atoms with E-state index >= 15 is 0 Å². The highest BCUT2D eigenvalue weighted by Crippen LogP contribution is 2.29. The molecule has 3 rings (SSSR count). The molecule has 1 aliphatic heterocycles. The van der Waals surface area contributed by atoms with Crippen LogP contribution in [0, 0.1) is 0 Å². The molecule has 0 aromatic heterocycles. The van der Waals surface area contributed by atoms with Gasteiger partial charge in [-0.1, -0.05) is 43.7 Å². The second kappa shape index (κ2) is 10.1. The minimum Gasteiger partial charge on any atom is -0.486 e. The van der Waals surface area contributed by atoms with Crippen LogP contribution >= 0.6 is 0 Å². The van der Waals surface area contributed by atoms with Crippen molar-refractivity contribution < 1.29 is 14.3 Å². The van der Waals surface area contributed by atoms with Gasteiger partial charge in [-0.25, -0.2) is 0 Å². The first-order chi connectivity index (χ1) is 13.2. The molecule has 2 unspecified atom stereocenters. The normalized spacial score (nSPS) is 17.9. The fraction of sp³-hybridized carbons (Fsp3) is 0.435. The number of nitrogens with one attached hydrogen (secondary N) is 1. The molecule has 0 aliphatic carbocycles. The first-order valence-corrected chi connectivity index (χ1v) is 10.0. The van der Waals surface area contributed by atoms with Crippen LogP contribution in [0.25, 0.3) is 0 Å². The van der Waals surface area contributed by atoms with Crippen molar-refractivity contribution in [2.45, 2.75) is 57.6 Å². The van der Waals surface area contributed by atoms with E-state index < -0.39 is 0 Å². The molecule has 1 heterocycles. The van der Waals surface area contributed by atoms with Gasteiger partial charge in [0, 0.05) is 18.9 Å². The monoisotopic (exact) mass is 367 g/mol. The summed E-state index contributed by atoms with van der Waals surface area (Å²) in [6.45, 7) is 3.05. The van der Waals surface area contributed by atoms with Crippen molar-refractivity contribution in [1.82, 2.24) is 5.32 Å². The van der Waals surface area contributed by atoms with E-state index in [0.29, 0.717) is 18.2 Å². The van der Waals surface area contributed by atoms with Crippen LogP contribution in [0.1, 0.15) is 57.1 Å². The average Bonchev–Trinajstić information content (AvgIpc) is 2.70. The molecule has 1 aliphatic rings. The highest BCUT2D eigenvalue weighted by atomic mass is 16.5. The maximum atomic E-state index is 11.6. The number of carbonyl (C=O) groups excluding carboxylic acids is 1. The van der Waals surface area contributed by atoms with Crippen LogP contribution in [0.15, 0.2) is 54.6 Å². The minimum atomic E-state index is -0.197. The summed E-state index contributed by atoms with van der Waals surface area (Å²) in [7, 11) is 0. The topological polar surface area (TPSA) is 47.6 Å². The second-order valence-electron chi connectivity index (χ2n) is 7.10.